The summed E-state index contributed by atoms with van der Waals surface area (Å²) in [5.41, 5.74) is -0.536. The van der Waals surface area contributed by atoms with Gasteiger partial charge in [0.05, 0.1) is 18.5 Å². The van der Waals surface area contributed by atoms with Gasteiger partial charge >= 0.3 is 64.0 Å². The van der Waals surface area contributed by atoms with E-state index in [1.54, 1.807) is 0 Å². The van der Waals surface area contributed by atoms with Gasteiger partial charge in [0.2, 0.25) is 0 Å². The summed E-state index contributed by atoms with van der Waals surface area (Å²) in [4.78, 5) is 9.73. The van der Waals surface area contributed by atoms with Crippen molar-refractivity contribution in [1.82, 2.24) is 0 Å². The Morgan fingerprint density at radius 1 is 1.39 bits per heavy atom. The summed E-state index contributed by atoms with van der Waals surface area (Å²) in [6.45, 7) is -6.70. The van der Waals surface area contributed by atoms with Gasteiger partial charge in [-0.15, -0.1) is 0 Å². The first kappa shape index (κ1) is 17.7. The third-order valence-electron chi connectivity index (χ3n) is 1.79. The van der Waals surface area contributed by atoms with Crippen molar-refractivity contribution in [2.45, 2.75) is 0 Å². The smallest absolute Gasteiger partial charge is 0.517 e. The summed E-state index contributed by atoms with van der Waals surface area (Å²) in [6.07, 6.45) is 0. The summed E-state index contributed by atoms with van der Waals surface area (Å²) in [5.74, 6) is -0.283. The van der Waals surface area contributed by atoms with E-state index in [-0.39, 0.29) is 57.1 Å². The molecule has 1 rings (SSSR count). The van der Waals surface area contributed by atoms with E-state index >= 15 is 0 Å². The summed E-state index contributed by atoms with van der Waals surface area (Å²) in [5, 5.41) is 10.6. The maximum absolute atomic E-state index is 12.0. The van der Waals surface area contributed by atoms with Crippen molar-refractivity contribution in [2.75, 3.05) is 13.6 Å². The van der Waals surface area contributed by atoms with E-state index in [4.69, 9.17) is 4.74 Å². The van der Waals surface area contributed by atoms with Crippen LogP contribution in [-0.2, 0) is 0 Å². The first-order chi connectivity index (χ1) is 7.83. The molecule has 0 radical (unpaired) electrons. The number of hydrogen-bond acceptors (Lipinski definition) is 4. The van der Waals surface area contributed by atoms with Crippen molar-refractivity contribution in [3.05, 3.63) is 28.3 Å². The summed E-state index contributed by atoms with van der Waals surface area (Å²) < 4.78 is 45.1. The molecule has 0 saturated carbocycles. The van der Waals surface area contributed by atoms with Crippen LogP contribution in [0.15, 0.2) is 18.2 Å². The predicted molar refractivity (Wildman–Crippen MR) is 54.2 cm³/mol. The van der Waals surface area contributed by atoms with Crippen molar-refractivity contribution < 1.29 is 78.7 Å². The van der Waals surface area contributed by atoms with Crippen LogP contribution in [0.5, 0.6) is 11.5 Å². The molecule has 0 aliphatic heterocycles. The predicted octanol–water partition coefficient (Wildman–Crippen LogP) is -0.627. The van der Waals surface area contributed by atoms with Crippen molar-refractivity contribution in [2.24, 2.45) is 0 Å². The molecule has 5 nitrogen and oxygen atoms in total. The Bertz CT molecular complexity index is 429. The van der Waals surface area contributed by atoms with Crippen LogP contribution in [0.3, 0.4) is 0 Å². The molecular weight excluding hydrogens is 281 g/mol. The Morgan fingerprint density at radius 2 is 2.00 bits per heavy atom. The summed E-state index contributed by atoms with van der Waals surface area (Å²) in [6, 6.07) is 3.33. The molecule has 0 unspecified atom stereocenters. The van der Waals surface area contributed by atoms with E-state index in [1.807, 2.05) is 0 Å². The van der Waals surface area contributed by atoms with Crippen LogP contribution in [0.4, 0.5) is 18.6 Å². The van der Waals surface area contributed by atoms with Crippen LogP contribution in [-0.4, -0.2) is 25.5 Å². The van der Waals surface area contributed by atoms with Crippen LogP contribution in [0.2, 0.25) is 0 Å². The molecule has 0 bridgehead atoms. The van der Waals surface area contributed by atoms with Gasteiger partial charge in [0, 0.05) is 12.1 Å². The standard InChI is InChI=1S/C8H8BF3NO4.K/c1-16-6-2-3-7(13(14)15)8(4-6)17-5-9(10,11)12;/h2-4H,5H2,1H3;/q-1;+1. The van der Waals surface area contributed by atoms with Gasteiger partial charge < -0.3 is 22.4 Å². The minimum atomic E-state index is -5.17. The fraction of sp³-hybridized carbons (Fsp3) is 0.250. The number of halogens is 3. The second kappa shape index (κ2) is 7.34. The van der Waals surface area contributed by atoms with E-state index in [0.29, 0.717) is 0 Å². The number of nitro benzene ring substituents is 1. The maximum Gasteiger partial charge on any atom is 1.00 e. The number of ether oxygens (including phenoxy) is 2. The fourth-order valence-electron chi connectivity index (χ4n) is 1.07. The van der Waals surface area contributed by atoms with Crippen LogP contribution in [0.25, 0.3) is 0 Å². The van der Waals surface area contributed by atoms with E-state index < -0.39 is 29.8 Å². The number of hydrogen-bond donors (Lipinski definition) is 0. The molecule has 0 atom stereocenters. The first-order valence-electron chi connectivity index (χ1n) is 4.49. The number of rotatable bonds is 5. The number of methoxy groups -OCH3 is 1. The molecule has 10 heteroatoms. The number of nitro groups is 1. The molecule has 0 N–H and O–H groups in total. The number of nitrogens with zero attached hydrogens (tertiary/aromatic N) is 1. The van der Waals surface area contributed by atoms with Gasteiger partial charge in [0.1, 0.15) is 5.75 Å². The molecule has 0 saturated heterocycles. The van der Waals surface area contributed by atoms with E-state index in [9.17, 15) is 23.1 Å². The quantitative estimate of drug-likeness (QED) is 0.411. The van der Waals surface area contributed by atoms with Crippen molar-refractivity contribution >= 4 is 12.7 Å². The average molecular weight is 289 g/mol. The molecule has 0 aliphatic carbocycles. The first-order valence-corrected chi connectivity index (χ1v) is 4.49. The van der Waals surface area contributed by atoms with Gasteiger partial charge in [0.25, 0.3) is 0 Å². The van der Waals surface area contributed by atoms with Crippen molar-refractivity contribution in [3.63, 3.8) is 0 Å². The van der Waals surface area contributed by atoms with Crippen molar-refractivity contribution in [3.8, 4) is 11.5 Å². The monoisotopic (exact) mass is 289 g/mol. The fourth-order valence-corrected chi connectivity index (χ4v) is 1.07. The Kier molecular flexibility index (Phi) is 7.22. The Morgan fingerprint density at radius 3 is 2.44 bits per heavy atom. The number of benzene rings is 1. The van der Waals surface area contributed by atoms with Gasteiger partial charge in [-0.2, -0.15) is 0 Å². The van der Waals surface area contributed by atoms with Gasteiger partial charge in [-0.25, -0.2) is 0 Å². The Hall–Kier alpha value is -0.289. The molecule has 0 aliphatic rings. The zero-order valence-corrected chi connectivity index (χ0v) is 12.9. The zero-order chi connectivity index (χ0) is 13.1. The molecule has 0 fully saturated rings. The molecule has 0 spiro atoms. The topological polar surface area (TPSA) is 61.6 Å². The molecule has 0 amide bonds. The summed E-state index contributed by atoms with van der Waals surface area (Å²) in [7, 11) is 1.29. The zero-order valence-electron chi connectivity index (χ0n) is 9.73. The van der Waals surface area contributed by atoms with Gasteiger partial charge in [0.15, 0.2) is 5.75 Å². The third kappa shape index (κ3) is 5.57. The van der Waals surface area contributed by atoms with Crippen molar-refractivity contribution in [1.29, 1.82) is 0 Å². The molecule has 0 heterocycles. The normalized spacial score (nSPS) is 10.4. The van der Waals surface area contributed by atoms with E-state index in [2.05, 4.69) is 4.74 Å². The van der Waals surface area contributed by atoms with Gasteiger partial charge in [-0.05, 0) is 6.07 Å². The molecule has 1 aromatic carbocycles. The van der Waals surface area contributed by atoms with Crippen LogP contribution in [0, 0.1) is 10.1 Å². The molecule has 18 heavy (non-hydrogen) atoms. The molecule has 94 valence electrons. The Labute approximate surface area is 143 Å². The molecular formula is C8H8BF3KNO4. The molecule has 0 aromatic heterocycles. The summed E-state index contributed by atoms with van der Waals surface area (Å²) >= 11 is 0. The average Bonchev–Trinajstić information content (AvgIpc) is 2.24. The second-order valence-electron chi connectivity index (χ2n) is 3.11. The maximum atomic E-state index is 12.0. The second-order valence-corrected chi connectivity index (χ2v) is 3.11. The van der Waals surface area contributed by atoms with E-state index in [0.717, 1.165) is 12.1 Å². The largest absolute Gasteiger partial charge is 1.00 e. The minimum absolute atomic E-state index is 0. The van der Waals surface area contributed by atoms with Crippen LogP contribution >= 0.6 is 0 Å². The van der Waals surface area contributed by atoms with Gasteiger partial charge in [-0.1, -0.05) is 0 Å². The SMILES string of the molecule is COc1ccc([N+](=O)[O-])c(OC[B-](F)(F)F)c1.[K+]. The van der Waals surface area contributed by atoms with Gasteiger partial charge in [-0.3, -0.25) is 10.1 Å². The minimum Gasteiger partial charge on any atom is -0.517 e. The third-order valence-corrected chi connectivity index (χ3v) is 1.79. The Balaban J connectivity index is 0.00000289. The van der Waals surface area contributed by atoms with E-state index in [1.165, 1.54) is 13.2 Å². The molecule has 1 aromatic rings. The van der Waals surface area contributed by atoms with Crippen LogP contribution < -0.4 is 60.9 Å². The van der Waals surface area contributed by atoms with Crippen LogP contribution in [0.1, 0.15) is 0 Å².